The molecule has 16 heavy (non-hydrogen) atoms. The number of hydrogen-bond donors (Lipinski definition) is 2. The van der Waals surface area contributed by atoms with Crippen LogP contribution in [0.5, 0.6) is 5.75 Å². The van der Waals surface area contributed by atoms with Crippen molar-refractivity contribution < 1.29 is 14.6 Å². The highest BCUT2D eigenvalue weighted by atomic mass is 35.5. The molecule has 1 rings (SSSR count). The van der Waals surface area contributed by atoms with Gasteiger partial charge < -0.3 is 15.6 Å². The lowest BCUT2D eigenvalue weighted by Crippen LogP contribution is -2.25. The summed E-state index contributed by atoms with van der Waals surface area (Å²) in [6, 6.07) is 7.36. The Balaban J connectivity index is 0.00000225. The molecule has 0 radical (unpaired) electrons. The van der Waals surface area contributed by atoms with Crippen LogP contribution in [-0.4, -0.2) is 24.7 Å². The van der Waals surface area contributed by atoms with Crippen LogP contribution in [-0.2, 0) is 11.2 Å². The van der Waals surface area contributed by atoms with Crippen LogP contribution < -0.4 is 10.5 Å². The Morgan fingerprint density at radius 3 is 2.62 bits per heavy atom. The number of halogens is 1. The van der Waals surface area contributed by atoms with E-state index in [0.717, 1.165) is 5.56 Å². The third-order valence-corrected chi connectivity index (χ3v) is 2.29. The molecule has 0 heterocycles. The van der Waals surface area contributed by atoms with E-state index in [-0.39, 0.29) is 19.0 Å². The third-order valence-electron chi connectivity index (χ3n) is 2.29. The number of carboxylic acids is 1. The summed E-state index contributed by atoms with van der Waals surface area (Å²) < 4.78 is 5.14. The van der Waals surface area contributed by atoms with Crippen molar-refractivity contribution in [2.24, 2.45) is 11.7 Å². The average molecular weight is 246 g/mol. The highest BCUT2D eigenvalue weighted by molar-refractivity contribution is 5.85. The van der Waals surface area contributed by atoms with Gasteiger partial charge in [0, 0.05) is 6.54 Å². The maximum Gasteiger partial charge on any atom is 0.308 e. The van der Waals surface area contributed by atoms with Gasteiger partial charge in [-0.15, -0.1) is 12.4 Å². The second-order valence-electron chi connectivity index (χ2n) is 3.29. The summed E-state index contributed by atoms with van der Waals surface area (Å²) in [6.45, 7) is 0.132. The summed E-state index contributed by atoms with van der Waals surface area (Å²) in [4.78, 5) is 10.8. The molecule has 0 fully saturated rings. The van der Waals surface area contributed by atoms with Crippen molar-refractivity contribution in [3.05, 3.63) is 29.8 Å². The number of carbonyl (C=O) groups is 1. The smallest absolute Gasteiger partial charge is 0.308 e. The Morgan fingerprint density at radius 2 is 2.12 bits per heavy atom. The van der Waals surface area contributed by atoms with E-state index in [9.17, 15) is 4.79 Å². The second kappa shape index (κ2) is 7.09. The Hall–Kier alpha value is -1.26. The second-order valence-corrected chi connectivity index (χ2v) is 3.29. The zero-order valence-electron chi connectivity index (χ0n) is 9.05. The van der Waals surface area contributed by atoms with E-state index in [1.807, 2.05) is 24.3 Å². The number of nitrogens with two attached hydrogens (primary N) is 1. The molecule has 3 N–H and O–H groups in total. The Morgan fingerprint density at radius 1 is 1.50 bits per heavy atom. The Labute approximate surface area is 101 Å². The molecule has 0 saturated heterocycles. The minimum atomic E-state index is -0.872. The summed E-state index contributed by atoms with van der Waals surface area (Å²) in [7, 11) is 1.57. The number of methoxy groups -OCH3 is 1. The van der Waals surface area contributed by atoms with Crippen LogP contribution in [0.1, 0.15) is 5.56 Å². The Kier molecular flexibility index (Phi) is 6.53. The van der Waals surface area contributed by atoms with Gasteiger partial charge in [-0.3, -0.25) is 4.79 Å². The van der Waals surface area contributed by atoms with Gasteiger partial charge in [0.1, 0.15) is 5.75 Å². The molecule has 1 atom stereocenters. The number of para-hydroxylation sites is 1. The van der Waals surface area contributed by atoms with Gasteiger partial charge in [0.25, 0.3) is 0 Å². The summed E-state index contributed by atoms with van der Waals surface area (Å²) in [5, 5.41) is 8.88. The summed E-state index contributed by atoms with van der Waals surface area (Å²) in [5.74, 6) is -0.720. The molecule has 0 aliphatic heterocycles. The predicted octanol–water partition coefficient (Wildman–Crippen LogP) is 1.32. The van der Waals surface area contributed by atoms with Crippen molar-refractivity contribution in [3.8, 4) is 5.75 Å². The van der Waals surface area contributed by atoms with E-state index in [4.69, 9.17) is 15.6 Å². The summed E-state index contributed by atoms with van der Waals surface area (Å²) >= 11 is 0. The number of rotatable bonds is 5. The first-order valence-electron chi connectivity index (χ1n) is 4.73. The lowest BCUT2D eigenvalue weighted by atomic mass is 9.99. The van der Waals surface area contributed by atoms with Crippen molar-refractivity contribution in [1.82, 2.24) is 0 Å². The lowest BCUT2D eigenvalue weighted by Gasteiger charge is -2.12. The standard InChI is InChI=1S/C11H15NO3.ClH/c1-15-10-5-3-2-4-8(10)6-9(7-12)11(13)14;/h2-5,9H,6-7,12H2,1H3,(H,13,14);1H/t9-;/m1./s1. The highest BCUT2D eigenvalue weighted by Gasteiger charge is 2.17. The van der Waals surface area contributed by atoms with Gasteiger partial charge in [0.2, 0.25) is 0 Å². The van der Waals surface area contributed by atoms with Crippen molar-refractivity contribution in [2.75, 3.05) is 13.7 Å². The molecule has 0 aliphatic carbocycles. The van der Waals surface area contributed by atoms with Gasteiger partial charge in [-0.1, -0.05) is 18.2 Å². The monoisotopic (exact) mass is 245 g/mol. The van der Waals surface area contributed by atoms with E-state index in [2.05, 4.69) is 0 Å². The van der Waals surface area contributed by atoms with Gasteiger partial charge in [0.15, 0.2) is 0 Å². The first-order chi connectivity index (χ1) is 7.19. The third kappa shape index (κ3) is 3.72. The van der Waals surface area contributed by atoms with Crippen molar-refractivity contribution in [2.45, 2.75) is 6.42 Å². The van der Waals surface area contributed by atoms with Crippen LogP contribution >= 0.6 is 12.4 Å². The number of ether oxygens (including phenoxy) is 1. The molecule has 5 heteroatoms. The molecular weight excluding hydrogens is 230 g/mol. The number of hydrogen-bond acceptors (Lipinski definition) is 3. The van der Waals surface area contributed by atoms with Crippen LogP contribution in [0.3, 0.4) is 0 Å². The number of benzene rings is 1. The fraction of sp³-hybridized carbons (Fsp3) is 0.364. The topological polar surface area (TPSA) is 72.5 Å². The Bertz CT molecular complexity index is 344. The zero-order chi connectivity index (χ0) is 11.3. The zero-order valence-corrected chi connectivity index (χ0v) is 9.87. The van der Waals surface area contributed by atoms with Gasteiger partial charge in [-0.25, -0.2) is 0 Å². The van der Waals surface area contributed by atoms with Crippen LogP contribution in [0.25, 0.3) is 0 Å². The van der Waals surface area contributed by atoms with Gasteiger partial charge >= 0.3 is 5.97 Å². The van der Waals surface area contributed by atoms with Gasteiger partial charge in [-0.2, -0.15) is 0 Å². The van der Waals surface area contributed by atoms with Crippen LogP contribution in [0.4, 0.5) is 0 Å². The fourth-order valence-electron chi connectivity index (χ4n) is 1.41. The predicted molar refractivity (Wildman–Crippen MR) is 64.1 cm³/mol. The fourth-order valence-corrected chi connectivity index (χ4v) is 1.41. The molecule has 0 aromatic heterocycles. The molecule has 0 amide bonds. The van der Waals surface area contributed by atoms with Gasteiger partial charge in [0.05, 0.1) is 13.0 Å². The molecule has 4 nitrogen and oxygen atoms in total. The molecule has 0 aliphatic rings. The average Bonchev–Trinajstić information content (AvgIpc) is 2.25. The molecule has 1 aromatic carbocycles. The van der Waals surface area contributed by atoms with Crippen LogP contribution in [0, 0.1) is 5.92 Å². The maximum absolute atomic E-state index is 10.8. The summed E-state index contributed by atoms with van der Waals surface area (Å²) in [5.41, 5.74) is 6.26. The van der Waals surface area contributed by atoms with E-state index in [0.29, 0.717) is 12.2 Å². The van der Waals surface area contributed by atoms with Crippen molar-refractivity contribution in [1.29, 1.82) is 0 Å². The van der Waals surface area contributed by atoms with Crippen molar-refractivity contribution >= 4 is 18.4 Å². The molecular formula is C11H16ClNO3. The lowest BCUT2D eigenvalue weighted by molar-refractivity contribution is -0.141. The van der Waals surface area contributed by atoms with E-state index < -0.39 is 11.9 Å². The molecule has 0 unspecified atom stereocenters. The van der Waals surface area contributed by atoms with E-state index >= 15 is 0 Å². The molecule has 0 saturated carbocycles. The SMILES string of the molecule is COc1ccccc1C[C@H](CN)C(=O)O.Cl. The number of aliphatic carboxylic acids is 1. The van der Waals surface area contributed by atoms with Crippen LogP contribution in [0.2, 0.25) is 0 Å². The largest absolute Gasteiger partial charge is 0.496 e. The van der Waals surface area contributed by atoms with Gasteiger partial charge in [-0.05, 0) is 18.1 Å². The number of carboxylic acid groups (broad SMARTS) is 1. The minimum Gasteiger partial charge on any atom is -0.496 e. The molecule has 1 aromatic rings. The van der Waals surface area contributed by atoms with E-state index in [1.165, 1.54) is 0 Å². The normalized spacial score (nSPS) is 11.4. The van der Waals surface area contributed by atoms with Crippen molar-refractivity contribution in [3.63, 3.8) is 0 Å². The molecule has 0 bridgehead atoms. The minimum absolute atomic E-state index is 0. The highest BCUT2D eigenvalue weighted by Crippen LogP contribution is 2.20. The van der Waals surface area contributed by atoms with Crippen LogP contribution in [0.15, 0.2) is 24.3 Å². The first kappa shape index (κ1) is 14.7. The molecule has 0 spiro atoms. The maximum atomic E-state index is 10.8. The van der Waals surface area contributed by atoms with E-state index in [1.54, 1.807) is 7.11 Å². The quantitative estimate of drug-likeness (QED) is 0.821. The molecule has 90 valence electrons. The first-order valence-corrected chi connectivity index (χ1v) is 4.73. The summed E-state index contributed by atoms with van der Waals surface area (Å²) in [6.07, 6.45) is 0.399.